The molecular formula is C22H24N2O2. The van der Waals surface area contributed by atoms with E-state index in [0.29, 0.717) is 11.3 Å². The number of aryl methyl sites for hydroxylation is 2. The van der Waals surface area contributed by atoms with Crippen LogP contribution < -0.4 is 10.9 Å². The molecule has 2 aromatic carbocycles. The minimum atomic E-state index is -0.162. The fourth-order valence-corrected chi connectivity index (χ4v) is 3.27. The van der Waals surface area contributed by atoms with Gasteiger partial charge in [0.1, 0.15) is 0 Å². The summed E-state index contributed by atoms with van der Waals surface area (Å²) in [5.41, 5.74) is 4.81. The fraction of sp³-hybridized carbons (Fsp3) is 0.273. The van der Waals surface area contributed by atoms with Crippen LogP contribution in [0.5, 0.6) is 0 Å². The van der Waals surface area contributed by atoms with Crippen LogP contribution in [0.4, 0.5) is 5.69 Å². The molecule has 0 saturated heterocycles. The zero-order valence-electron chi connectivity index (χ0n) is 15.9. The van der Waals surface area contributed by atoms with E-state index in [4.69, 9.17) is 0 Å². The Morgan fingerprint density at radius 2 is 1.62 bits per heavy atom. The first-order valence-electron chi connectivity index (χ1n) is 8.71. The monoisotopic (exact) mass is 348 g/mol. The first-order chi connectivity index (χ1) is 12.1. The molecule has 0 atom stereocenters. The van der Waals surface area contributed by atoms with Crippen molar-refractivity contribution in [2.45, 2.75) is 40.0 Å². The van der Waals surface area contributed by atoms with Gasteiger partial charge in [-0.1, -0.05) is 44.0 Å². The van der Waals surface area contributed by atoms with E-state index < -0.39 is 0 Å². The van der Waals surface area contributed by atoms with Crippen LogP contribution in [-0.4, -0.2) is 10.9 Å². The van der Waals surface area contributed by atoms with E-state index in [1.54, 1.807) is 6.07 Å². The van der Waals surface area contributed by atoms with Crippen molar-refractivity contribution in [2.24, 2.45) is 0 Å². The molecule has 0 bridgehead atoms. The van der Waals surface area contributed by atoms with Crippen molar-refractivity contribution in [2.75, 3.05) is 5.32 Å². The molecule has 0 spiro atoms. The molecule has 0 aliphatic rings. The summed E-state index contributed by atoms with van der Waals surface area (Å²) in [7, 11) is 0. The number of aromatic amines is 1. The number of H-pyrrole nitrogens is 1. The standard InChI is InChI=1S/C22H24N2O2/c1-13-8-14(2)10-15(9-13)21(26)23-16-6-7-17-18(22(3,4)5)12-20(25)24-19(17)11-16/h6-12H,1-5H3,(H,23,26)(H,24,25). The Morgan fingerprint density at radius 3 is 2.23 bits per heavy atom. The molecule has 0 aliphatic heterocycles. The van der Waals surface area contributed by atoms with Gasteiger partial charge in [0.05, 0.1) is 5.52 Å². The number of hydrogen-bond donors (Lipinski definition) is 2. The minimum Gasteiger partial charge on any atom is -0.322 e. The lowest BCUT2D eigenvalue weighted by Crippen LogP contribution is -2.17. The van der Waals surface area contributed by atoms with Crippen molar-refractivity contribution >= 4 is 22.5 Å². The highest BCUT2D eigenvalue weighted by molar-refractivity contribution is 6.05. The van der Waals surface area contributed by atoms with Gasteiger partial charge in [0.25, 0.3) is 5.91 Å². The smallest absolute Gasteiger partial charge is 0.255 e. The van der Waals surface area contributed by atoms with Crippen molar-refractivity contribution < 1.29 is 4.79 Å². The largest absolute Gasteiger partial charge is 0.322 e. The van der Waals surface area contributed by atoms with Crippen molar-refractivity contribution in [3.05, 3.63) is 75.1 Å². The van der Waals surface area contributed by atoms with Crippen molar-refractivity contribution in [1.29, 1.82) is 0 Å². The lowest BCUT2D eigenvalue weighted by atomic mass is 9.85. The second-order valence-electron chi connectivity index (χ2n) is 7.89. The van der Waals surface area contributed by atoms with E-state index in [9.17, 15) is 9.59 Å². The van der Waals surface area contributed by atoms with Gasteiger partial charge in [0.2, 0.25) is 5.56 Å². The highest BCUT2D eigenvalue weighted by atomic mass is 16.1. The molecule has 1 amide bonds. The summed E-state index contributed by atoms with van der Waals surface area (Å²) >= 11 is 0. The van der Waals surface area contributed by atoms with E-state index in [0.717, 1.165) is 27.6 Å². The Kier molecular flexibility index (Phi) is 4.45. The third-order valence-corrected chi connectivity index (χ3v) is 4.39. The van der Waals surface area contributed by atoms with Gasteiger partial charge in [-0.3, -0.25) is 9.59 Å². The molecule has 2 N–H and O–H groups in total. The predicted octanol–water partition coefficient (Wildman–Crippen LogP) is 4.69. The summed E-state index contributed by atoms with van der Waals surface area (Å²) in [4.78, 5) is 27.5. The van der Waals surface area contributed by atoms with E-state index in [1.807, 2.05) is 50.2 Å². The Bertz CT molecular complexity index is 1040. The van der Waals surface area contributed by atoms with Gasteiger partial charge in [-0.25, -0.2) is 0 Å². The van der Waals surface area contributed by atoms with Crippen molar-refractivity contribution in [3.63, 3.8) is 0 Å². The Balaban J connectivity index is 1.99. The summed E-state index contributed by atoms with van der Waals surface area (Å²) in [5, 5.41) is 3.91. The number of anilines is 1. The van der Waals surface area contributed by atoms with E-state index >= 15 is 0 Å². The quantitative estimate of drug-likeness (QED) is 0.705. The first kappa shape index (κ1) is 17.9. The highest BCUT2D eigenvalue weighted by Gasteiger charge is 2.18. The number of amides is 1. The van der Waals surface area contributed by atoms with E-state index in [2.05, 4.69) is 31.1 Å². The summed E-state index contributed by atoms with van der Waals surface area (Å²) in [5.74, 6) is -0.162. The van der Waals surface area contributed by atoms with Crippen LogP contribution >= 0.6 is 0 Å². The van der Waals surface area contributed by atoms with Gasteiger partial charge >= 0.3 is 0 Å². The molecule has 3 aromatic rings. The first-order valence-corrected chi connectivity index (χ1v) is 8.71. The molecule has 134 valence electrons. The van der Waals surface area contributed by atoms with Crippen LogP contribution in [0.25, 0.3) is 10.9 Å². The topological polar surface area (TPSA) is 62.0 Å². The molecule has 1 heterocycles. The molecule has 0 fully saturated rings. The van der Waals surface area contributed by atoms with Gasteiger partial charge < -0.3 is 10.3 Å². The zero-order valence-corrected chi connectivity index (χ0v) is 15.9. The molecule has 1 aromatic heterocycles. The number of benzene rings is 2. The van der Waals surface area contributed by atoms with E-state index in [-0.39, 0.29) is 16.9 Å². The van der Waals surface area contributed by atoms with Crippen molar-refractivity contribution in [3.8, 4) is 0 Å². The number of nitrogens with one attached hydrogen (secondary N) is 2. The number of fused-ring (bicyclic) bond motifs is 1. The molecule has 4 heteroatoms. The van der Waals surface area contributed by atoms with Gasteiger partial charge in [0.15, 0.2) is 0 Å². The van der Waals surface area contributed by atoms with Crippen LogP contribution in [0.1, 0.15) is 47.8 Å². The Labute approximate surface area is 153 Å². The third-order valence-electron chi connectivity index (χ3n) is 4.39. The van der Waals surface area contributed by atoms with Gasteiger partial charge in [0, 0.05) is 22.7 Å². The minimum absolute atomic E-state index is 0.139. The summed E-state index contributed by atoms with van der Waals surface area (Å²) in [6, 6.07) is 13.0. The van der Waals surface area contributed by atoms with Gasteiger partial charge in [-0.2, -0.15) is 0 Å². The number of carbonyl (C=O) groups is 1. The summed E-state index contributed by atoms with van der Waals surface area (Å²) in [6.45, 7) is 10.2. The number of carbonyl (C=O) groups excluding carboxylic acids is 1. The summed E-state index contributed by atoms with van der Waals surface area (Å²) < 4.78 is 0. The lowest BCUT2D eigenvalue weighted by molar-refractivity contribution is 0.102. The van der Waals surface area contributed by atoms with Gasteiger partial charge in [-0.15, -0.1) is 0 Å². The van der Waals surface area contributed by atoms with Gasteiger partial charge in [-0.05, 0) is 49.1 Å². The molecule has 0 saturated carbocycles. The average Bonchev–Trinajstić information content (AvgIpc) is 2.51. The highest BCUT2D eigenvalue weighted by Crippen LogP contribution is 2.29. The average molecular weight is 348 g/mol. The Hall–Kier alpha value is -2.88. The number of hydrogen-bond acceptors (Lipinski definition) is 2. The molecule has 4 nitrogen and oxygen atoms in total. The molecule has 26 heavy (non-hydrogen) atoms. The maximum Gasteiger partial charge on any atom is 0.255 e. The molecule has 0 aliphatic carbocycles. The third kappa shape index (κ3) is 3.69. The van der Waals surface area contributed by atoms with Crippen LogP contribution in [0.3, 0.4) is 0 Å². The predicted molar refractivity (Wildman–Crippen MR) is 107 cm³/mol. The van der Waals surface area contributed by atoms with Crippen LogP contribution in [0, 0.1) is 13.8 Å². The maximum absolute atomic E-state index is 12.6. The number of pyridine rings is 1. The lowest BCUT2D eigenvalue weighted by Gasteiger charge is -2.21. The second kappa shape index (κ2) is 6.45. The Morgan fingerprint density at radius 1 is 0.962 bits per heavy atom. The normalized spacial score (nSPS) is 11.6. The van der Waals surface area contributed by atoms with Crippen LogP contribution in [0.2, 0.25) is 0 Å². The van der Waals surface area contributed by atoms with Crippen molar-refractivity contribution in [1.82, 2.24) is 4.98 Å². The maximum atomic E-state index is 12.6. The number of rotatable bonds is 2. The second-order valence-corrected chi connectivity index (χ2v) is 7.89. The molecule has 0 unspecified atom stereocenters. The number of aromatic nitrogens is 1. The molecule has 3 rings (SSSR count). The fourth-order valence-electron chi connectivity index (χ4n) is 3.27. The van der Waals surface area contributed by atoms with E-state index in [1.165, 1.54) is 0 Å². The van der Waals surface area contributed by atoms with Crippen LogP contribution in [0.15, 0.2) is 47.3 Å². The molecule has 0 radical (unpaired) electrons. The zero-order chi connectivity index (χ0) is 19.1. The SMILES string of the molecule is Cc1cc(C)cc(C(=O)Nc2ccc3c(C(C)(C)C)cc(=O)[nH]c3c2)c1. The van der Waals surface area contributed by atoms with Crippen LogP contribution in [-0.2, 0) is 5.41 Å². The molecular weight excluding hydrogens is 324 g/mol. The summed E-state index contributed by atoms with van der Waals surface area (Å²) in [6.07, 6.45) is 0.